The zero-order valence-corrected chi connectivity index (χ0v) is 18.0. The Bertz CT molecular complexity index is 972. The van der Waals surface area contributed by atoms with Crippen molar-refractivity contribution in [2.75, 3.05) is 20.1 Å². The molecule has 1 aromatic heterocycles. The average molecular weight is 448 g/mol. The Morgan fingerprint density at radius 1 is 1.10 bits per heavy atom. The van der Waals surface area contributed by atoms with Gasteiger partial charge in [-0.25, -0.2) is 4.98 Å². The van der Waals surface area contributed by atoms with E-state index >= 15 is 0 Å². The van der Waals surface area contributed by atoms with Crippen molar-refractivity contribution in [3.63, 3.8) is 0 Å². The van der Waals surface area contributed by atoms with Gasteiger partial charge >= 0.3 is 6.18 Å². The fourth-order valence-electron chi connectivity index (χ4n) is 3.10. The molecule has 164 valence electrons. The average Bonchev–Trinajstić information content (AvgIpc) is 3.20. The number of carbonyl (C=O) groups excluding carboxylic acids is 1. The molecule has 2 aromatic carbocycles. The Morgan fingerprint density at radius 2 is 1.81 bits per heavy atom. The van der Waals surface area contributed by atoms with Crippen LogP contribution < -0.4 is 5.32 Å². The number of nitrogens with zero attached hydrogens (tertiary/aromatic N) is 2. The maximum atomic E-state index is 12.7. The zero-order valence-electron chi connectivity index (χ0n) is 17.2. The Morgan fingerprint density at radius 3 is 2.48 bits per heavy atom. The van der Waals surface area contributed by atoms with Gasteiger partial charge in [-0.15, -0.1) is 11.3 Å². The molecule has 3 aromatic rings. The van der Waals surface area contributed by atoms with Crippen molar-refractivity contribution in [1.29, 1.82) is 0 Å². The van der Waals surface area contributed by atoms with E-state index in [4.69, 9.17) is 0 Å². The number of halogens is 3. The van der Waals surface area contributed by atoms with Crippen molar-refractivity contribution < 1.29 is 18.0 Å². The van der Waals surface area contributed by atoms with Crippen LogP contribution in [-0.2, 0) is 23.9 Å². The second-order valence-electron chi connectivity index (χ2n) is 7.32. The molecule has 1 N–H and O–H groups in total. The quantitative estimate of drug-likeness (QED) is 0.469. The molecule has 1 amide bonds. The summed E-state index contributed by atoms with van der Waals surface area (Å²) in [7, 11) is 2.05. The highest BCUT2D eigenvalue weighted by Gasteiger charge is 2.30. The first-order chi connectivity index (χ1) is 14.8. The highest BCUT2D eigenvalue weighted by molar-refractivity contribution is 7.13. The van der Waals surface area contributed by atoms with E-state index in [1.54, 1.807) is 5.38 Å². The SMILES string of the molecule is CN(CCCNC(=O)Cc1csc(-c2ccc(C(F)(F)F)cc2)n1)Cc1ccccc1. The summed E-state index contributed by atoms with van der Waals surface area (Å²) >= 11 is 1.31. The monoisotopic (exact) mass is 447 g/mol. The van der Waals surface area contributed by atoms with Gasteiger partial charge in [0.05, 0.1) is 17.7 Å². The second-order valence-corrected chi connectivity index (χ2v) is 8.18. The molecule has 0 aliphatic rings. The summed E-state index contributed by atoms with van der Waals surface area (Å²) in [5, 5.41) is 5.26. The molecular formula is C23H24F3N3OS. The van der Waals surface area contributed by atoms with Crippen LogP contribution in [0.2, 0.25) is 0 Å². The molecule has 0 unspecified atom stereocenters. The minimum absolute atomic E-state index is 0.116. The van der Waals surface area contributed by atoms with Crippen molar-refractivity contribution in [3.05, 3.63) is 76.8 Å². The number of nitrogens with one attached hydrogen (secondary N) is 1. The maximum absolute atomic E-state index is 12.7. The lowest BCUT2D eigenvalue weighted by atomic mass is 10.1. The molecular weight excluding hydrogens is 423 g/mol. The molecule has 0 aliphatic heterocycles. The number of rotatable bonds is 9. The van der Waals surface area contributed by atoms with Gasteiger partial charge in [-0.3, -0.25) is 4.79 Å². The smallest absolute Gasteiger partial charge is 0.356 e. The van der Waals surface area contributed by atoms with E-state index in [0.29, 0.717) is 22.8 Å². The summed E-state index contributed by atoms with van der Waals surface area (Å²) in [5.74, 6) is -0.116. The Kier molecular flexibility index (Phi) is 7.81. The van der Waals surface area contributed by atoms with Gasteiger partial charge in [0, 0.05) is 24.0 Å². The van der Waals surface area contributed by atoms with E-state index < -0.39 is 11.7 Å². The third-order valence-corrected chi connectivity index (χ3v) is 5.63. The van der Waals surface area contributed by atoms with Crippen LogP contribution in [0, 0.1) is 0 Å². The largest absolute Gasteiger partial charge is 0.416 e. The highest BCUT2D eigenvalue weighted by atomic mass is 32.1. The van der Waals surface area contributed by atoms with Gasteiger partial charge in [-0.05, 0) is 37.7 Å². The van der Waals surface area contributed by atoms with Crippen molar-refractivity contribution in [2.24, 2.45) is 0 Å². The van der Waals surface area contributed by atoms with Crippen molar-refractivity contribution in [2.45, 2.75) is 25.6 Å². The molecule has 0 bridgehead atoms. The molecule has 0 atom stereocenters. The van der Waals surface area contributed by atoms with Crippen LogP contribution in [0.3, 0.4) is 0 Å². The van der Waals surface area contributed by atoms with E-state index in [1.165, 1.54) is 29.0 Å². The number of hydrogen-bond donors (Lipinski definition) is 1. The molecule has 0 spiro atoms. The van der Waals surface area contributed by atoms with Crippen LogP contribution >= 0.6 is 11.3 Å². The van der Waals surface area contributed by atoms with Crippen molar-refractivity contribution >= 4 is 17.2 Å². The zero-order chi connectivity index (χ0) is 22.3. The standard InChI is InChI=1S/C23H24F3N3OS/c1-29(15-17-6-3-2-4-7-17)13-5-12-27-21(30)14-20-16-31-22(28-20)18-8-10-19(11-9-18)23(24,25)26/h2-4,6-11,16H,5,12-15H2,1H3,(H,27,30). The fraction of sp³-hybridized carbons (Fsp3) is 0.304. The van der Waals surface area contributed by atoms with Gasteiger partial charge in [0.25, 0.3) is 0 Å². The minimum Gasteiger partial charge on any atom is -0.356 e. The van der Waals surface area contributed by atoms with Crippen LogP contribution in [0.5, 0.6) is 0 Å². The van der Waals surface area contributed by atoms with Crippen LogP contribution in [-0.4, -0.2) is 35.9 Å². The summed E-state index contributed by atoms with van der Waals surface area (Å²) in [4.78, 5) is 18.8. The molecule has 8 heteroatoms. The van der Waals surface area contributed by atoms with Gasteiger partial charge in [0.1, 0.15) is 5.01 Å². The predicted molar refractivity (Wildman–Crippen MR) is 117 cm³/mol. The first-order valence-electron chi connectivity index (χ1n) is 9.92. The fourth-order valence-corrected chi connectivity index (χ4v) is 3.93. The molecule has 1 heterocycles. The van der Waals surface area contributed by atoms with E-state index in [-0.39, 0.29) is 12.3 Å². The summed E-state index contributed by atoms with van der Waals surface area (Å²) in [6.45, 7) is 2.30. The Labute approximate surface area is 183 Å². The van der Waals surface area contributed by atoms with E-state index in [0.717, 1.165) is 31.6 Å². The van der Waals surface area contributed by atoms with Crippen molar-refractivity contribution in [3.8, 4) is 10.6 Å². The van der Waals surface area contributed by atoms with Gasteiger partial charge in [-0.2, -0.15) is 13.2 Å². The highest BCUT2D eigenvalue weighted by Crippen LogP contribution is 2.31. The normalized spacial score (nSPS) is 11.6. The first-order valence-corrected chi connectivity index (χ1v) is 10.8. The summed E-state index contributed by atoms with van der Waals surface area (Å²) < 4.78 is 38.0. The maximum Gasteiger partial charge on any atom is 0.416 e. The Hall–Kier alpha value is -2.71. The predicted octanol–water partition coefficient (Wildman–Crippen LogP) is 5.01. The number of carbonyl (C=O) groups is 1. The lowest BCUT2D eigenvalue weighted by Crippen LogP contribution is -2.29. The summed E-state index contributed by atoms with van der Waals surface area (Å²) in [6, 6.07) is 15.1. The van der Waals surface area contributed by atoms with Crippen LogP contribution in [0.15, 0.2) is 60.0 Å². The second kappa shape index (κ2) is 10.5. The number of alkyl halides is 3. The van der Waals surface area contributed by atoms with Gasteiger partial charge in [0.15, 0.2) is 0 Å². The Balaban J connectivity index is 1.40. The van der Waals surface area contributed by atoms with Gasteiger partial charge in [0.2, 0.25) is 5.91 Å². The first kappa shape index (κ1) is 23.0. The number of benzene rings is 2. The van der Waals surface area contributed by atoms with E-state index in [1.807, 2.05) is 25.2 Å². The van der Waals surface area contributed by atoms with Gasteiger partial charge in [-0.1, -0.05) is 42.5 Å². The third-order valence-electron chi connectivity index (χ3n) is 4.69. The van der Waals surface area contributed by atoms with E-state index in [9.17, 15) is 18.0 Å². The minimum atomic E-state index is -4.36. The molecule has 4 nitrogen and oxygen atoms in total. The topological polar surface area (TPSA) is 45.2 Å². The molecule has 31 heavy (non-hydrogen) atoms. The lowest BCUT2D eigenvalue weighted by Gasteiger charge is -2.16. The lowest BCUT2D eigenvalue weighted by molar-refractivity contribution is -0.137. The van der Waals surface area contributed by atoms with E-state index in [2.05, 4.69) is 27.3 Å². The molecule has 3 rings (SSSR count). The number of amides is 1. The van der Waals surface area contributed by atoms with Gasteiger partial charge < -0.3 is 10.2 Å². The molecule has 0 fully saturated rings. The summed E-state index contributed by atoms with van der Waals surface area (Å²) in [5.41, 5.74) is 1.77. The summed E-state index contributed by atoms with van der Waals surface area (Å²) in [6.07, 6.45) is -3.37. The number of thiazole rings is 1. The molecule has 0 aliphatic carbocycles. The molecule has 0 saturated carbocycles. The molecule has 0 saturated heterocycles. The third kappa shape index (κ3) is 7.18. The van der Waals surface area contributed by atoms with Crippen molar-refractivity contribution in [1.82, 2.24) is 15.2 Å². The number of aromatic nitrogens is 1. The number of hydrogen-bond acceptors (Lipinski definition) is 4. The van der Waals surface area contributed by atoms with Crippen LogP contribution in [0.1, 0.15) is 23.2 Å². The van der Waals surface area contributed by atoms with Crippen LogP contribution in [0.25, 0.3) is 10.6 Å². The molecule has 0 radical (unpaired) electrons. The van der Waals surface area contributed by atoms with Crippen LogP contribution in [0.4, 0.5) is 13.2 Å².